The first kappa shape index (κ1) is 13.8. The molecule has 104 valence electrons. The number of rotatable bonds is 5. The van der Waals surface area contributed by atoms with Crippen LogP contribution in [0.5, 0.6) is 0 Å². The van der Waals surface area contributed by atoms with Crippen molar-refractivity contribution in [2.24, 2.45) is 11.7 Å². The molecule has 4 heteroatoms. The summed E-state index contributed by atoms with van der Waals surface area (Å²) in [6, 6.07) is 0.669. The average Bonchev–Trinajstić information content (AvgIpc) is 3.09. The molecule has 2 fully saturated rings. The Morgan fingerprint density at radius 3 is 2.50 bits per heavy atom. The smallest absolute Gasteiger partial charge is 0.240 e. The lowest BCUT2D eigenvalue weighted by Crippen LogP contribution is -2.51. The van der Waals surface area contributed by atoms with E-state index in [1.165, 1.54) is 12.8 Å². The van der Waals surface area contributed by atoms with Crippen molar-refractivity contribution in [1.82, 2.24) is 9.80 Å². The van der Waals surface area contributed by atoms with Crippen LogP contribution >= 0.6 is 0 Å². The molecule has 0 aromatic heterocycles. The first-order chi connectivity index (χ1) is 8.50. The topological polar surface area (TPSA) is 49.6 Å². The van der Waals surface area contributed by atoms with Crippen LogP contribution in [0.15, 0.2) is 0 Å². The third kappa shape index (κ3) is 3.04. The highest BCUT2D eigenvalue weighted by Gasteiger charge is 2.37. The number of hydrogen-bond donors (Lipinski definition) is 1. The van der Waals surface area contributed by atoms with E-state index in [2.05, 4.69) is 16.8 Å². The van der Waals surface area contributed by atoms with Crippen molar-refractivity contribution in [3.05, 3.63) is 0 Å². The van der Waals surface area contributed by atoms with Gasteiger partial charge in [0.25, 0.3) is 0 Å². The molecule has 2 rings (SSSR count). The molecule has 1 aliphatic carbocycles. The van der Waals surface area contributed by atoms with E-state index in [1.54, 1.807) is 0 Å². The minimum atomic E-state index is -0.336. The summed E-state index contributed by atoms with van der Waals surface area (Å²) in [5.74, 6) is 0.382. The molecular weight excluding hydrogens is 226 g/mol. The third-order valence-electron chi connectivity index (χ3n) is 4.35. The Bertz CT molecular complexity index is 301. The molecule has 1 saturated carbocycles. The largest absolute Gasteiger partial charge is 0.337 e. The Labute approximate surface area is 110 Å². The van der Waals surface area contributed by atoms with Crippen molar-refractivity contribution in [2.45, 2.75) is 57.7 Å². The summed E-state index contributed by atoms with van der Waals surface area (Å²) in [5, 5.41) is 0. The maximum absolute atomic E-state index is 12.4. The van der Waals surface area contributed by atoms with E-state index in [9.17, 15) is 4.79 Å². The number of carbonyl (C=O) groups is 1. The van der Waals surface area contributed by atoms with E-state index in [0.29, 0.717) is 12.1 Å². The van der Waals surface area contributed by atoms with Gasteiger partial charge in [-0.15, -0.1) is 0 Å². The molecule has 0 spiro atoms. The maximum Gasteiger partial charge on any atom is 0.240 e. The van der Waals surface area contributed by atoms with E-state index >= 15 is 0 Å². The normalized spacial score (nSPS) is 26.6. The first-order valence-corrected chi connectivity index (χ1v) is 7.27. The summed E-state index contributed by atoms with van der Waals surface area (Å²) >= 11 is 0. The fourth-order valence-electron chi connectivity index (χ4n) is 2.72. The van der Waals surface area contributed by atoms with Gasteiger partial charge in [0.1, 0.15) is 0 Å². The second-order valence-electron chi connectivity index (χ2n) is 6.27. The lowest BCUT2D eigenvalue weighted by Gasteiger charge is -2.31. The Morgan fingerprint density at radius 1 is 1.39 bits per heavy atom. The highest BCUT2D eigenvalue weighted by Crippen LogP contribution is 2.29. The number of hydrogen-bond acceptors (Lipinski definition) is 3. The van der Waals surface area contributed by atoms with Gasteiger partial charge in [0.05, 0.1) is 6.04 Å². The summed E-state index contributed by atoms with van der Waals surface area (Å²) < 4.78 is 0. The molecule has 2 atom stereocenters. The SMILES string of the molecule is CC(C)[C@H](N)C(=O)N(C[C@@H]1CCCN1C)C1CC1. The zero-order valence-electron chi connectivity index (χ0n) is 11.9. The van der Waals surface area contributed by atoms with Crippen molar-refractivity contribution in [2.75, 3.05) is 20.1 Å². The van der Waals surface area contributed by atoms with E-state index in [-0.39, 0.29) is 17.9 Å². The van der Waals surface area contributed by atoms with Crippen molar-refractivity contribution < 1.29 is 4.79 Å². The lowest BCUT2D eigenvalue weighted by atomic mass is 10.0. The van der Waals surface area contributed by atoms with E-state index in [1.807, 2.05) is 13.8 Å². The van der Waals surface area contributed by atoms with Crippen LogP contribution in [0, 0.1) is 5.92 Å². The molecule has 18 heavy (non-hydrogen) atoms. The van der Waals surface area contributed by atoms with Crippen LogP contribution in [-0.2, 0) is 4.79 Å². The summed E-state index contributed by atoms with van der Waals surface area (Å²) in [6.45, 7) is 6.08. The van der Waals surface area contributed by atoms with Crippen LogP contribution in [0.4, 0.5) is 0 Å². The molecule has 0 bridgehead atoms. The van der Waals surface area contributed by atoms with Crippen LogP contribution in [0.3, 0.4) is 0 Å². The zero-order valence-corrected chi connectivity index (χ0v) is 11.9. The van der Waals surface area contributed by atoms with E-state index in [4.69, 9.17) is 5.73 Å². The first-order valence-electron chi connectivity index (χ1n) is 7.27. The van der Waals surface area contributed by atoms with E-state index < -0.39 is 0 Å². The Morgan fingerprint density at radius 2 is 2.06 bits per heavy atom. The second-order valence-corrected chi connectivity index (χ2v) is 6.27. The van der Waals surface area contributed by atoms with Crippen LogP contribution < -0.4 is 5.73 Å². The van der Waals surface area contributed by atoms with Crippen LogP contribution in [0.2, 0.25) is 0 Å². The second kappa shape index (κ2) is 5.57. The van der Waals surface area contributed by atoms with Gasteiger partial charge in [-0.1, -0.05) is 13.8 Å². The number of carbonyl (C=O) groups excluding carboxylic acids is 1. The molecule has 1 amide bonds. The molecule has 0 aromatic carbocycles. The van der Waals surface area contributed by atoms with Gasteiger partial charge in [-0.2, -0.15) is 0 Å². The maximum atomic E-state index is 12.4. The van der Waals surface area contributed by atoms with Gasteiger partial charge in [-0.25, -0.2) is 0 Å². The molecule has 4 nitrogen and oxygen atoms in total. The van der Waals surface area contributed by atoms with Crippen LogP contribution in [0.1, 0.15) is 39.5 Å². The van der Waals surface area contributed by atoms with Gasteiger partial charge < -0.3 is 15.5 Å². The summed E-state index contributed by atoms with van der Waals surface area (Å²) in [4.78, 5) is 16.9. The summed E-state index contributed by atoms with van der Waals surface area (Å²) in [5.41, 5.74) is 6.03. The molecule has 1 heterocycles. The third-order valence-corrected chi connectivity index (χ3v) is 4.35. The molecule has 2 aliphatic rings. The monoisotopic (exact) mass is 253 g/mol. The quantitative estimate of drug-likeness (QED) is 0.797. The van der Waals surface area contributed by atoms with Crippen molar-refractivity contribution >= 4 is 5.91 Å². The number of nitrogens with two attached hydrogens (primary N) is 1. The van der Waals surface area contributed by atoms with Crippen LogP contribution in [0.25, 0.3) is 0 Å². The summed E-state index contributed by atoms with van der Waals surface area (Å²) in [6.07, 6.45) is 4.79. The predicted octanol–water partition coefficient (Wildman–Crippen LogP) is 1.05. The van der Waals surface area contributed by atoms with Crippen molar-refractivity contribution in [1.29, 1.82) is 0 Å². The van der Waals surface area contributed by atoms with Gasteiger partial charge in [-0.3, -0.25) is 4.79 Å². The average molecular weight is 253 g/mol. The fraction of sp³-hybridized carbons (Fsp3) is 0.929. The Kier molecular flexibility index (Phi) is 4.28. The predicted molar refractivity (Wildman–Crippen MR) is 73.2 cm³/mol. The highest BCUT2D eigenvalue weighted by molar-refractivity contribution is 5.82. The minimum Gasteiger partial charge on any atom is -0.337 e. The Balaban J connectivity index is 1.97. The fourth-order valence-corrected chi connectivity index (χ4v) is 2.72. The van der Waals surface area contributed by atoms with Crippen LogP contribution in [-0.4, -0.2) is 54.0 Å². The van der Waals surface area contributed by atoms with Gasteiger partial charge in [0.15, 0.2) is 0 Å². The summed E-state index contributed by atoms with van der Waals surface area (Å²) in [7, 11) is 2.16. The molecule has 2 N–H and O–H groups in total. The van der Waals surface area contributed by atoms with Gasteiger partial charge >= 0.3 is 0 Å². The Hall–Kier alpha value is -0.610. The van der Waals surface area contributed by atoms with Gasteiger partial charge in [0, 0.05) is 18.6 Å². The molecule has 1 saturated heterocycles. The number of likely N-dealkylation sites (N-methyl/N-ethyl adjacent to an activating group) is 1. The van der Waals surface area contributed by atoms with Gasteiger partial charge in [-0.05, 0) is 45.2 Å². The molecule has 0 aromatic rings. The molecule has 1 aliphatic heterocycles. The zero-order chi connectivity index (χ0) is 13.3. The molecule has 0 unspecified atom stereocenters. The van der Waals surface area contributed by atoms with E-state index in [0.717, 1.165) is 25.9 Å². The number of nitrogens with zero attached hydrogens (tertiary/aromatic N) is 2. The standard InChI is InChI=1S/C14H27N3O/c1-10(2)13(15)14(18)17(11-6-7-11)9-12-5-4-8-16(12)3/h10-13H,4-9,15H2,1-3H3/t12-,13-/m0/s1. The number of likely N-dealkylation sites (tertiary alicyclic amines) is 1. The minimum absolute atomic E-state index is 0.160. The molecule has 0 radical (unpaired) electrons. The number of amides is 1. The lowest BCUT2D eigenvalue weighted by molar-refractivity contribution is -0.134. The van der Waals surface area contributed by atoms with Crippen molar-refractivity contribution in [3.8, 4) is 0 Å². The highest BCUT2D eigenvalue weighted by atomic mass is 16.2. The van der Waals surface area contributed by atoms with Gasteiger partial charge in [0.2, 0.25) is 5.91 Å². The van der Waals surface area contributed by atoms with Crippen molar-refractivity contribution in [3.63, 3.8) is 0 Å². The molecular formula is C14H27N3O.